The van der Waals surface area contributed by atoms with Gasteiger partial charge in [-0.05, 0) is 13.2 Å². The maximum atomic E-state index is 11.0. The minimum absolute atomic E-state index is 0.0856. The molecule has 0 aromatic heterocycles. The van der Waals surface area contributed by atoms with Gasteiger partial charge in [-0.3, -0.25) is 14.7 Å². The Morgan fingerprint density at radius 2 is 2.45 bits per heavy atom. The molecule has 0 saturated carbocycles. The first-order valence-corrected chi connectivity index (χ1v) is 4.77. The fourth-order valence-corrected chi connectivity index (χ4v) is 1.78. The van der Waals surface area contributed by atoms with Gasteiger partial charge in [0.2, 0.25) is 5.91 Å². The predicted molar refractivity (Wildman–Crippen MR) is 47.8 cm³/mol. The first-order chi connectivity index (χ1) is 5.15. The topological polar surface area (TPSA) is 32.7 Å². The van der Waals surface area contributed by atoms with Crippen LogP contribution in [0.4, 0.5) is 0 Å². The van der Waals surface area contributed by atoms with Crippen molar-refractivity contribution in [2.45, 2.75) is 19.9 Å². The molecule has 3 nitrogen and oxygen atoms in total. The number of rotatable bonds is 0. The zero-order valence-electron chi connectivity index (χ0n) is 7.00. The molecular formula is C7H12N2OS. The lowest BCUT2D eigenvalue weighted by molar-refractivity contribution is -0.124. The molecule has 1 amide bonds. The molecule has 11 heavy (non-hydrogen) atoms. The van der Waals surface area contributed by atoms with Gasteiger partial charge in [0.1, 0.15) is 0 Å². The summed E-state index contributed by atoms with van der Waals surface area (Å²) in [7, 11) is 0. The molecule has 4 heteroatoms. The van der Waals surface area contributed by atoms with Crippen molar-refractivity contribution >= 4 is 22.8 Å². The molecule has 1 aliphatic heterocycles. The third kappa shape index (κ3) is 1.74. The minimum Gasteiger partial charge on any atom is -0.290 e. The van der Waals surface area contributed by atoms with E-state index in [9.17, 15) is 4.79 Å². The number of thioether (sulfide) groups is 1. The van der Waals surface area contributed by atoms with Gasteiger partial charge in [-0.1, -0.05) is 11.8 Å². The molecule has 0 spiro atoms. The fraction of sp³-hybridized carbons (Fsp3) is 0.714. The maximum Gasteiger partial charge on any atom is 0.225 e. The molecule has 0 aromatic rings. The van der Waals surface area contributed by atoms with Gasteiger partial charge in [-0.25, -0.2) is 0 Å². The molecular weight excluding hydrogens is 160 g/mol. The molecule has 0 aliphatic carbocycles. The summed E-state index contributed by atoms with van der Waals surface area (Å²) in [6.45, 7) is 4.33. The summed E-state index contributed by atoms with van der Waals surface area (Å²) >= 11 is 1.53. The molecule has 0 N–H and O–H groups in total. The standard InChI is InChI=1S/C7H12N2OS/c1-5-4-9(6(2)10)7(8-5)11-3/h5H,4H2,1-3H3. The number of carbonyl (C=O) groups is 1. The van der Waals surface area contributed by atoms with E-state index < -0.39 is 0 Å². The quantitative estimate of drug-likeness (QED) is 0.545. The highest BCUT2D eigenvalue weighted by Crippen LogP contribution is 2.15. The number of amides is 1. The number of hydrogen-bond acceptors (Lipinski definition) is 3. The summed E-state index contributed by atoms with van der Waals surface area (Å²) in [5.41, 5.74) is 0. The van der Waals surface area contributed by atoms with Gasteiger partial charge in [-0.15, -0.1) is 0 Å². The molecule has 1 rings (SSSR count). The van der Waals surface area contributed by atoms with Crippen LogP contribution in [0.5, 0.6) is 0 Å². The number of carbonyl (C=O) groups excluding carboxylic acids is 1. The van der Waals surface area contributed by atoms with Gasteiger partial charge in [0.05, 0.1) is 12.6 Å². The van der Waals surface area contributed by atoms with Crippen LogP contribution < -0.4 is 0 Å². The fourth-order valence-electron chi connectivity index (χ4n) is 1.07. The summed E-state index contributed by atoms with van der Waals surface area (Å²) in [6.07, 6.45) is 1.94. The second-order valence-electron chi connectivity index (χ2n) is 2.59. The van der Waals surface area contributed by atoms with Crippen molar-refractivity contribution in [3.05, 3.63) is 0 Å². The average Bonchev–Trinajstić information content (AvgIpc) is 2.30. The van der Waals surface area contributed by atoms with Crippen LogP contribution >= 0.6 is 11.8 Å². The highest BCUT2D eigenvalue weighted by atomic mass is 32.2. The van der Waals surface area contributed by atoms with Crippen molar-refractivity contribution in [3.63, 3.8) is 0 Å². The maximum absolute atomic E-state index is 11.0. The van der Waals surface area contributed by atoms with Crippen LogP contribution in [0.15, 0.2) is 4.99 Å². The van der Waals surface area contributed by atoms with E-state index >= 15 is 0 Å². The molecule has 1 heterocycles. The monoisotopic (exact) mass is 172 g/mol. The van der Waals surface area contributed by atoms with Crippen LogP contribution in [-0.2, 0) is 4.79 Å². The summed E-state index contributed by atoms with van der Waals surface area (Å²) < 4.78 is 0. The summed E-state index contributed by atoms with van der Waals surface area (Å²) in [5, 5.41) is 0.852. The third-order valence-electron chi connectivity index (χ3n) is 1.57. The van der Waals surface area contributed by atoms with E-state index in [4.69, 9.17) is 0 Å². The number of aliphatic imine (C=N–C) groups is 1. The molecule has 1 aliphatic rings. The van der Waals surface area contributed by atoms with E-state index in [1.807, 2.05) is 13.2 Å². The molecule has 0 saturated heterocycles. The molecule has 0 bridgehead atoms. The van der Waals surface area contributed by atoms with Crippen LogP contribution in [0, 0.1) is 0 Å². The number of hydrogen-bond donors (Lipinski definition) is 0. The Bertz CT molecular complexity index is 203. The normalized spacial score (nSPS) is 23.7. The lowest BCUT2D eigenvalue weighted by atomic mass is 10.3. The molecule has 1 unspecified atom stereocenters. The van der Waals surface area contributed by atoms with Gasteiger partial charge in [0.25, 0.3) is 0 Å². The highest BCUT2D eigenvalue weighted by molar-refractivity contribution is 8.13. The predicted octanol–water partition coefficient (Wildman–Crippen LogP) is 0.956. The molecule has 62 valence electrons. The van der Waals surface area contributed by atoms with E-state index in [0.717, 1.165) is 11.7 Å². The Balaban J connectivity index is 2.71. The molecule has 0 radical (unpaired) electrons. The van der Waals surface area contributed by atoms with Crippen molar-refractivity contribution in [1.29, 1.82) is 0 Å². The average molecular weight is 172 g/mol. The first-order valence-electron chi connectivity index (χ1n) is 3.55. The van der Waals surface area contributed by atoms with Gasteiger partial charge >= 0.3 is 0 Å². The zero-order valence-corrected chi connectivity index (χ0v) is 7.81. The lowest BCUT2D eigenvalue weighted by Gasteiger charge is -2.13. The van der Waals surface area contributed by atoms with Crippen LogP contribution in [0.25, 0.3) is 0 Å². The van der Waals surface area contributed by atoms with Crippen molar-refractivity contribution in [2.24, 2.45) is 4.99 Å². The third-order valence-corrected chi connectivity index (χ3v) is 2.26. The van der Waals surface area contributed by atoms with Crippen molar-refractivity contribution in [1.82, 2.24) is 4.90 Å². The van der Waals surface area contributed by atoms with Gasteiger partial charge in [0, 0.05) is 6.92 Å². The van der Waals surface area contributed by atoms with Gasteiger partial charge in [0.15, 0.2) is 5.17 Å². The Morgan fingerprint density at radius 1 is 1.82 bits per heavy atom. The van der Waals surface area contributed by atoms with Gasteiger partial charge < -0.3 is 0 Å². The minimum atomic E-state index is 0.0856. The Labute approximate surface area is 70.9 Å². The SMILES string of the molecule is CSC1=NC(C)CN1C(C)=O. The van der Waals surface area contributed by atoms with E-state index in [0.29, 0.717) is 0 Å². The zero-order chi connectivity index (χ0) is 8.43. The second-order valence-corrected chi connectivity index (χ2v) is 3.37. The van der Waals surface area contributed by atoms with Gasteiger partial charge in [-0.2, -0.15) is 0 Å². The Hall–Kier alpha value is -0.510. The first kappa shape index (κ1) is 8.59. The van der Waals surface area contributed by atoms with Crippen LogP contribution in [-0.4, -0.2) is 34.8 Å². The number of amidine groups is 1. The van der Waals surface area contributed by atoms with E-state index in [1.54, 1.807) is 11.8 Å². The Morgan fingerprint density at radius 3 is 2.82 bits per heavy atom. The lowest BCUT2D eigenvalue weighted by Crippen LogP contribution is -2.31. The number of nitrogens with zero attached hydrogens (tertiary/aromatic N) is 2. The van der Waals surface area contributed by atoms with E-state index in [2.05, 4.69) is 4.99 Å². The smallest absolute Gasteiger partial charge is 0.225 e. The largest absolute Gasteiger partial charge is 0.290 e. The van der Waals surface area contributed by atoms with Crippen LogP contribution in [0.3, 0.4) is 0 Å². The van der Waals surface area contributed by atoms with E-state index in [-0.39, 0.29) is 11.9 Å². The molecule has 0 fully saturated rings. The highest BCUT2D eigenvalue weighted by Gasteiger charge is 2.23. The van der Waals surface area contributed by atoms with E-state index in [1.165, 1.54) is 11.8 Å². The Kier molecular flexibility index (Phi) is 2.54. The molecule has 1 atom stereocenters. The molecule has 0 aromatic carbocycles. The summed E-state index contributed by atoms with van der Waals surface area (Å²) in [4.78, 5) is 17.0. The van der Waals surface area contributed by atoms with Crippen LogP contribution in [0.2, 0.25) is 0 Å². The van der Waals surface area contributed by atoms with Crippen molar-refractivity contribution in [3.8, 4) is 0 Å². The van der Waals surface area contributed by atoms with Crippen LogP contribution in [0.1, 0.15) is 13.8 Å². The second kappa shape index (κ2) is 3.26. The van der Waals surface area contributed by atoms with Crippen molar-refractivity contribution in [2.75, 3.05) is 12.8 Å². The summed E-state index contributed by atoms with van der Waals surface area (Å²) in [5.74, 6) is 0.0856. The summed E-state index contributed by atoms with van der Waals surface area (Å²) in [6, 6.07) is 0.265. The van der Waals surface area contributed by atoms with Crippen molar-refractivity contribution < 1.29 is 4.79 Å².